The summed E-state index contributed by atoms with van der Waals surface area (Å²) in [6.07, 6.45) is 0.216. The average Bonchev–Trinajstić information content (AvgIpc) is 2.35. The fourth-order valence-electron chi connectivity index (χ4n) is 2.83. The molecule has 18 heavy (non-hydrogen) atoms. The van der Waals surface area contributed by atoms with E-state index in [1.807, 2.05) is 13.8 Å². The van der Waals surface area contributed by atoms with Gasteiger partial charge >= 0.3 is 0 Å². The molecule has 92 valence electrons. The molecule has 0 bridgehead atoms. The first-order chi connectivity index (χ1) is 8.59. The molecule has 0 fully saturated rings. The Morgan fingerprint density at radius 2 is 1.67 bits per heavy atom. The summed E-state index contributed by atoms with van der Waals surface area (Å²) in [5.41, 5.74) is 2.23. The number of ketones is 2. The van der Waals surface area contributed by atoms with Gasteiger partial charge in [0.05, 0.1) is 12.2 Å². The summed E-state index contributed by atoms with van der Waals surface area (Å²) in [6, 6.07) is 7.02. The van der Waals surface area contributed by atoms with Gasteiger partial charge in [-0.1, -0.05) is 24.3 Å². The zero-order chi connectivity index (χ0) is 12.9. The lowest BCUT2D eigenvalue weighted by Crippen LogP contribution is -2.36. The van der Waals surface area contributed by atoms with Crippen LogP contribution in [-0.4, -0.2) is 23.8 Å². The van der Waals surface area contributed by atoms with Gasteiger partial charge in [0.15, 0.2) is 11.6 Å². The number of fused-ring (bicyclic) bond motifs is 1. The van der Waals surface area contributed by atoms with Gasteiger partial charge in [-0.15, -0.1) is 0 Å². The van der Waals surface area contributed by atoms with Crippen molar-refractivity contribution in [3.63, 3.8) is 0 Å². The van der Waals surface area contributed by atoms with Crippen LogP contribution in [0.15, 0.2) is 35.4 Å². The number of rotatable bonds is 0. The molecule has 1 aliphatic heterocycles. The van der Waals surface area contributed by atoms with Crippen LogP contribution in [0.5, 0.6) is 0 Å². The summed E-state index contributed by atoms with van der Waals surface area (Å²) < 4.78 is 5.66. The maximum atomic E-state index is 12.4. The van der Waals surface area contributed by atoms with Crippen LogP contribution in [0.4, 0.5) is 0 Å². The normalized spacial score (nSPS) is 27.0. The molecule has 1 aromatic rings. The van der Waals surface area contributed by atoms with Crippen molar-refractivity contribution in [1.82, 2.24) is 0 Å². The van der Waals surface area contributed by atoms with Crippen LogP contribution in [0.3, 0.4) is 0 Å². The van der Waals surface area contributed by atoms with Gasteiger partial charge in [-0.05, 0) is 13.8 Å². The second-order valence-corrected chi connectivity index (χ2v) is 4.89. The summed E-state index contributed by atoms with van der Waals surface area (Å²) in [5.74, 6) is -0.0678. The van der Waals surface area contributed by atoms with Crippen LogP contribution in [0.2, 0.25) is 0 Å². The van der Waals surface area contributed by atoms with Crippen LogP contribution in [0.25, 0.3) is 0 Å². The van der Waals surface area contributed by atoms with E-state index < -0.39 is 0 Å². The van der Waals surface area contributed by atoms with E-state index in [-0.39, 0.29) is 23.8 Å². The predicted molar refractivity (Wildman–Crippen MR) is 66.8 cm³/mol. The van der Waals surface area contributed by atoms with Gasteiger partial charge in [-0.3, -0.25) is 9.59 Å². The van der Waals surface area contributed by atoms with E-state index in [9.17, 15) is 9.59 Å². The average molecular weight is 242 g/mol. The molecule has 0 radical (unpaired) electrons. The van der Waals surface area contributed by atoms with Crippen molar-refractivity contribution in [2.24, 2.45) is 0 Å². The molecule has 0 saturated carbocycles. The molecule has 0 saturated heterocycles. The van der Waals surface area contributed by atoms with Crippen LogP contribution in [0.1, 0.15) is 41.0 Å². The quantitative estimate of drug-likeness (QED) is 0.702. The minimum atomic E-state index is -0.298. The zero-order valence-electron chi connectivity index (χ0n) is 10.4. The Labute approximate surface area is 105 Å². The number of carbonyl (C=O) groups is 2. The predicted octanol–water partition coefficient (Wildman–Crippen LogP) is 2.56. The van der Waals surface area contributed by atoms with E-state index in [4.69, 9.17) is 4.74 Å². The van der Waals surface area contributed by atoms with Crippen molar-refractivity contribution >= 4 is 11.6 Å². The Hall–Kier alpha value is -1.74. The van der Waals surface area contributed by atoms with Gasteiger partial charge in [-0.25, -0.2) is 0 Å². The van der Waals surface area contributed by atoms with Crippen LogP contribution >= 0.6 is 0 Å². The lowest BCUT2D eigenvalue weighted by Gasteiger charge is -2.32. The fraction of sp³-hybridized carbons (Fsp3) is 0.333. The minimum Gasteiger partial charge on any atom is -0.370 e. The molecule has 1 aromatic carbocycles. The Kier molecular flexibility index (Phi) is 2.45. The molecule has 0 amide bonds. The lowest BCUT2D eigenvalue weighted by atomic mass is 9.79. The molecule has 3 nitrogen and oxygen atoms in total. The zero-order valence-corrected chi connectivity index (χ0v) is 10.4. The molecule has 0 unspecified atom stereocenters. The number of hydrogen-bond acceptors (Lipinski definition) is 3. The second-order valence-electron chi connectivity index (χ2n) is 4.89. The van der Waals surface area contributed by atoms with Gasteiger partial charge < -0.3 is 4.74 Å². The van der Waals surface area contributed by atoms with E-state index >= 15 is 0 Å². The van der Waals surface area contributed by atoms with Crippen molar-refractivity contribution in [3.05, 3.63) is 46.5 Å². The molecule has 1 heterocycles. The highest BCUT2D eigenvalue weighted by Gasteiger charge is 2.38. The third kappa shape index (κ3) is 1.47. The molecule has 0 spiro atoms. The summed E-state index contributed by atoms with van der Waals surface area (Å²) in [4.78, 5) is 24.8. The minimum absolute atomic E-state index is 0.0119. The van der Waals surface area contributed by atoms with E-state index in [2.05, 4.69) is 0 Å². The molecule has 2 atom stereocenters. The van der Waals surface area contributed by atoms with Crippen molar-refractivity contribution in [1.29, 1.82) is 0 Å². The molecule has 0 N–H and O–H groups in total. The van der Waals surface area contributed by atoms with Crippen molar-refractivity contribution in [2.75, 3.05) is 0 Å². The first-order valence-electron chi connectivity index (χ1n) is 6.16. The molecule has 2 aliphatic rings. The second kappa shape index (κ2) is 3.89. The Morgan fingerprint density at radius 1 is 1.06 bits per heavy atom. The highest BCUT2D eigenvalue weighted by atomic mass is 16.5. The highest BCUT2D eigenvalue weighted by molar-refractivity contribution is 6.27. The monoisotopic (exact) mass is 242 g/mol. The van der Waals surface area contributed by atoms with Crippen molar-refractivity contribution in [2.45, 2.75) is 32.5 Å². The van der Waals surface area contributed by atoms with E-state index in [1.54, 1.807) is 24.3 Å². The Bertz CT molecular complexity index is 583. The number of Topliss-reactive ketones (excluding diaryl/α,β-unsaturated/α-hetero) is 2. The number of carbonyl (C=O) groups excluding carboxylic acids is 2. The maximum Gasteiger partial charge on any atom is 0.192 e. The third-order valence-electron chi connectivity index (χ3n) is 3.59. The SMILES string of the molecule is C[C@@H]1CC2=C(C(=O)c3ccccc3C2=O)[C@H](C)O1. The topological polar surface area (TPSA) is 43.4 Å². The summed E-state index contributed by atoms with van der Waals surface area (Å²) in [6.45, 7) is 3.77. The smallest absolute Gasteiger partial charge is 0.192 e. The van der Waals surface area contributed by atoms with Crippen molar-refractivity contribution < 1.29 is 14.3 Å². The molecular formula is C15H14O3. The standard InChI is InChI=1S/C15H14O3/c1-8-7-12-13(9(2)18-8)15(17)11-6-4-3-5-10(11)14(12)16/h3-6,8-9H,7H2,1-2H3/t8-,9+/m1/s1. The molecule has 3 rings (SSSR count). The van der Waals surface area contributed by atoms with E-state index in [1.165, 1.54) is 0 Å². The van der Waals surface area contributed by atoms with Gasteiger partial charge in [0.1, 0.15) is 0 Å². The maximum absolute atomic E-state index is 12.4. The summed E-state index contributed by atoms with van der Waals surface area (Å²) >= 11 is 0. The first kappa shape index (κ1) is 11.4. The lowest BCUT2D eigenvalue weighted by molar-refractivity contribution is 0.0149. The first-order valence-corrected chi connectivity index (χ1v) is 6.16. The number of benzene rings is 1. The van der Waals surface area contributed by atoms with Crippen LogP contribution in [0, 0.1) is 0 Å². The van der Waals surface area contributed by atoms with Gasteiger partial charge in [-0.2, -0.15) is 0 Å². The Balaban J connectivity index is 2.20. The fourth-order valence-corrected chi connectivity index (χ4v) is 2.83. The van der Waals surface area contributed by atoms with Crippen molar-refractivity contribution in [3.8, 4) is 0 Å². The van der Waals surface area contributed by atoms with Crippen LogP contribution < -0.4 is 0 Å². The molecular weight excluding hydrogens is 228 g/mol. The highest BCUT2D eigenvalue weighted by Crippen LogP contribution is 2.35. The van der Waals surface area contributed by atoms with Gasteiger partial charge in [0.2, 0.25) is 0 Å². The van der Waals surface area contributed by atoms with Gasteiger partial charge in [0.25, 0.3) is 0 Å². The molecule has 0 aromatic heterocycles. The number of hydrogen-bond donors (Lipinski definition) is 0. The van der Waals surface area contributed by atoms with E-state index in [0.29, 0.717) is 28.7 Å². The van der Waals surface area contributed by atoms with E-state index in [0.717, 1.165) is 0 Å². The Morgan fingerprint density at radius 3 is 2.33 bits per heavy atom. The third-order valence-corrected chi connectivity index (χ3v) is 3.59. The summed E-state index contributed by atoms with van der Waals surface area (Å²) in [7, 11) is 0. The molecule has 1 aliphatic carbocycles. The van der Waals surface area contributed by atoms with Gasteiger partial charge in [0, 0.05) is 28.7 Å². The van der Waals surface area contributed by atoms with Crippen LogP contribution in [-0.2, 0) is 4.74 Å². The molecule has 3 heteroatoms. The summed E-state index contributed by atoms with van der Waals surface area (Å²) in [5, 5.41) is 0. The number of ether oxygens (including phenoxy) is 1. The largest absolute Gasteiger partial charge is 0.370 e.